The molecule has 5 aromatic carbocycles. The van der Waals surface area contributed by atoms with E-state index in [0.717, 1.165) is 27.6 Å². The van der Waals surface area contributed by atoms with E-state index in [4.69, 9.17) is 11.6 Å². The van der Waals surface area contributed by atoms with Gasteiger partial charge in [0.2, 0.25) is 0 Å². The van der Waals surface area contributed by atoms with Crippen LogP contribution in [0.3, 0.4) is 0 Å². The topological polar surface area (TPSA) is 112 Å². The van der Waals surface area contributed by atoms with Crippen molar-refractivity contribution in [1.29, 1.82) is 0 Å². The first-order valence-corrected chi connectivity index (χ1v) is 17.7. The third-order valence-electron chi connectivity index (χ3n) is 10.2. The number of anilines is 3. The molecule has 0 saturated heterocycles. The van der Waals surface area contributed by atoms with Crippen molar-refractivity contribution in [1.82, 2.24) is 15.0 Å². The molecule has 1 unspecified atom stereocenters. The Morgan fingerprint density at radius 2 is 1.69 bits per heavy atom. The first-order valence-electron chi connectivity index (χ1n) is 17.3. The fourth-order valence-electron chi connectivity index (χ4n) is 7.51. The molecule has 8 rings (SSSR count). The van der Waals surface area contributed by atoms with Gasteiger partial charge in [0.15, 0.2) is 5.60 Å². The number of rotatable bonds is 11. The first-order chi connectivity index (χ1) is 25.3. The molecule has 0 spiro atoms. The Kier molecular flexibility index (Phi) is 8.71. The Bertz CT molecular complexity index is 2350. The van der Waals surface area contributed by atoms with Crippen LogP contribution in [0.2, 0.25) is 5.02 Å². The Morgan fingerprint density at radius 3 is 2.50 bits per heavy atom. The second-order valence-corrected chi connectivity index (χ2v) is 13.8. The molecule has 2 amide bonds. The maximum Gasteiger partial charge on any atom is 0.264 e. The summed E-state index contributed by atoms with van der Waals surface area (Å²) in [4.78, 5) is 31.2. The van der Waals surface area contributed by atoms with E-state index >= 15 is 0 Å². The minimum Gasteiger partial charge on any atom is -0.395 e. The minimum absolute atomic E-state index is 0.0789. The summed E-state index contributed by atoms with van der Waals surface area (Å²) in [5.74, 6) is -1.39. The maximum absolute atomic E-state index is 14.3. The first kappa shape index (κ1) is 33.5. The fraction of sp³-hybridized carbons (Fsp3) is 0.190. The van der Waals surface area contributed by atoms with E-state index in [0.29, 0.717) is 46.2 Å². The molecule has 6 aromatic rings. The number of carbonyl (C=O) groups is 2. The second kappa shape index (κ2) is 13.5. The molecule has 0 bridgehead atoms. The zero-order valence-electron chi connectivity index (χ0n) is 28.4. The molecule has 0 fully saturated rings. The summed E-state index contributed by atoms with van der Waals surface area (Å²) < 4.78 is 1.73. The van der Waals surface area contributed by atoms with E-state index in [1.807, 2.05) is 116 Å². The Balaban J connectivity index is 0.998. The molecule has 0 radical (unpaired) electrons. The van der Waals surface area contributed by atoms with Gasteiger partial charge < -0.3 is 15.1 Å². The molecule has 3 heterocycles. The number of aryl methyl sites for hydroxylation is 1. The van der Waals surface area contributed by atoms with Gasteiger partial charge in [-0.3, -0.25) is 19.2 Å². The summed E-state index contributed by atoms with van der Waals surface area (Å²) in [7, 11) is 0. The number of halogens is 1. The van der Waals surface area contributed by atoms with Crippen molar-refractivity contribution in [2.45, 2.75) is 38.0 Å². The molecule has 0 saturated carbocycles. The number of carbonyl (C=O) groups excluding carboxylic acids is 2. The summed E-state index contributed by atoms with van der Waals surface area (Å²) in [6.07, 6.45) is 6.20. The number of aliphatic hydroxyl groups is 2. The molecule has 9 nitrogen and oxygen atoms in total. The summed E-state index contributed by atoms with van der Waals surface area (Å²) >= 11 is 6.43. The Labute approximate surface area is 306 Å². The lowest BCUT2D eigenvalue weighted by molar-refractivity contribution is -0.139. The lowest BCUT2D eigenvalue weighted by atomic mass is 9.83. The quantitative estimate of drug-likeness (QED) is 0.135. The van der Waals surface area contributed by atoms with Crippen LogP contribution >= 0.6 is 11.6 Å². The maximum atomic E-state index is 14.3. The molecule has 0 aliphatic carbocycles. The predicted octanol–water partition coefficient (Wildman–Crippen LogP) is 7.52. The second-order valence-electron chi connectivity index (χ2n) is 13.4. The van der Waals surface area contributed by atoms with Gasteiger partial charge >= 0.3 is 0 Å². The van der Waals surface area contributed by atoms with Gasteiger partial charge in [0, 0.05) is 40.3 Å². The molecule has 2 N–H and O–H groups in total. The van der Waals surface area contributed by atoms with Crippen LogP contribution in [0.15, 0.2) is 128 Å². The van der Waals surface area contributed by atoms with Crippen molar-refractivity contribution in [3.05, 3.63) is 161 Å². The van der Waals surface area contributed by atoms with Gasteiger partial charge in [0.25, 0.3) is 11.8 Å². The van der Waals surface area contributed by atoms with E-state index in [-0.39, 0.29) is 25.0 Å². The van der Waals surface area contributed by atoms with Crippen molar-refractivity contribution in [2.24, 2.45) is 5.92 Å². The van der Waals surface area contributed by atoms with Crippen LogP contribution in [0, 0.1) is 5.92 Å². The summed E-state index contributed by atoms with van der Waals surface area (Å²) in [6, 6.07) is 34.1. The number of hydrogen-bond acceptors (Lipinski definition) is 6. The summed E-state index contributed by atoms with van der Waals surface area (Å²) in [5, 5.41) is 33.1. The van der Waals surface area contributed by atoms with E-state index in [1.165, 1.54) is 0 Å². The highest BCUT2D eigenvalue weighted by Gasteiger charge is 2.52. The average molecular weight is 710 g/mol. The standard InChI is InChI=1S/C42H36ClN5O4/c1-27(10-5-6-21-46-25-36(44-45-46)34(26-49)29-12-3-2-4-13-29)42(52)35-23-31(43)19-20-37(35)47(41(42)51)24-28-11-7-16-32(22-28)48-38-18-9-15-30-14-8-17-33(39(30)38)40(48)50/h2-5,7-20,22-23,25,27,34,49,52H,6,21,24,26H2,1H3/b10-5+/t27-,34?,42+/m1/s1. The van der Waals surface area contributed by atoms with Crippen LogP contribution in [-0.2, 0) is 23.5 Å². The molecule has 260 valence electrons. The number of nitrogens with zero attached hydrogens (tertiary/aromatic N) is 5. The predicted molar refractivity (Wildman–Crippen MR) is 202 cm³/mol. The van der Waals surface area contributed by atoms with Crippen LogP contribution in [-0.4, -0.2) is 43.6 Å². The molecule has 2 aliphatic heterocycles. The van der Waals surface area contributed by atoms with Gasteiger partial charge in [-0.15, -0.1) is 5.10 Å². The summed E-state index contributed by atoms with van der Waals surface area (Å²) in [5.41, 5.74) is 3.84. The number of amides is 2. The zero-order chi connectivity index (χ0) is 36.0. The minimum atomic E-state index is -1.85. The van der Waals surface area contributed by atoms with Gasteiger partial charge in [-0.2, -0.15) is 0 Å². The van der Waals surface area contributed by atoms with Crippen molar-refractivity contribution >= 4 is 51.2 Å². The average Bonchev–Trinajstić information content (AvgIpc) is 3.81. The molecular formula is C42H36ClN5O4. The number of allylic oxidation sites excluding steroid dienone is 1. The van der Waals surface area contributed by atoms with E-state index in [2.05, 4.69) is 10.3 Å². The third kappa shape index (κ3) is 5.67. The van der Waals surface area contributed by atoms with Crippen LogP contribution in [0.4, 0.5) is 17.1 Å². The number of aromatic nitrogens is 3. The number of benzene rings is 5. The Morgan fingerprint density at radius 1 is 0.904 bits per heavy atom. The molecule has 10 heteroatoms. The fourth-order valence-corrected chi connectivity index (χ4v) is 7.68. The van der Waals surface area contributed by atoms with Crippen LogP contribution in [0.25, 0.3) is 10.8 Å². The molecule has 2 aliphatic rings. The monoisotopic (exact) mass is 709 g/mol. The van der Waals surface area contributed by atoms with E-state index < -0.39 is 17.4 Å². The van der Waals surface area contributed by atoms with Gasteiger partial charge in [0.1, 0.15) is 0 Å². The van der Waals surface area contributed by atoms with Crippen molar-refractivity contribution in [2.75, 3.05) is 16.4 Å². The smallest absolute Gasteiger partial charge is 0.264 e. The lowest BCUT2D eigenvalue weighted by Gasteiger charge is -2.28. The molecule has 1 aromatic heterocycles. The summed E-state index contributed by atoms with van der Waals surface area (Å²) in [6.45, 7) is 2.45. The van der Waals surface area contributed by atoms with Gasteiger partial charge in [-0.05, 0) is 65.4 Å². The van der Waals surface area contributed by atoms with Gasteiger partial charge in [0.05, 0.1) is 41.7 Å². The van der Waals surface area contributed by atoms with Crippen molar-refractivity contribution < 1.29 is 19.8 Å². The lowest BCUT2D eigenvalue weighted by Crippen LogP contribution is -2.44. The molecular weight excluding hydrogens is 674 g/mol. The molecule has 52 heavy (non-hydrogen) atoms. The highest BCUT2D eigenvalue weighted by atomic mass is 35.5. The van der Waals surface area contributed by atoms with E-state index in [1.54, 1.807) is 32.7 Å². The van der Waals surface area contributed by atoms with Gasteiger partial charge in [-0.25, -0.2) is 0 Å². The SMILES string of the molecule is C[C@H](/C=C/CCn1cc(C(CO)c2ccccc2)nn1)[C@@]1(O)C(=O)N(Cc2cccc(N3C(=O)c4cccc5cccc3c45)c2)c2ccc(Cl)cc21. The number of aliphatic hydroxyl groups excluding tert-OH is 1. The largest absolute Gasteiger partial charge is 0.395 e. The molecule has 3 atom stereocenters. The Hall–Kier alpha value is -5.61. The zero-order valence-corrected chi connectivity index (χ0v) is 29.2. The normalized spacial score (nSPS) is 17.8. The number of hydrogen-bond donors (Lipinski definition) is 2. The number of fused-ring (bicyclic) bond motifs is 1. The van der Waals surface area contributed by atoms with Crippen LogP contribution in [0.1, 0.15) is 52.0 Å². The van der Waals surface area contributed by atoms with Crippen molar-refractivity contribution in [3.8, 4) is 0 Å². The van der Waals surface area contributed by atoms with Crippen LogP contribution < -0.4 is 9.80 Å². The highest BCUT2D eigenvalue weighted by molar-refractivity contribution is 6.31. The van der Waals surface area contributed by atoms with Gasteiger partial charge in [-0.1, -0.05) is 103 Å². The van der Waals surface area contributed by atoms with Crippen molar-refractivity contribution in [3.63, 3.8) is 0 Å². The highest BCUT2D eigenvalue weighted by Crippen LogP contribution is 2.47. The van der Waals surface area contributed by atoms with Crippen LogP contribution in [0.5, 0.6) is 0 Å². The third-order valence-corrected chi connectivity index (χ3v) is 10.4. The van der Waals surface area contributed by atoms with E-state index in [9.17, 15) is 19.8 Å².